The molecule has 1 aromatic rings. The van der Waals surface area contributed by atoms with Crippen LogP contribution in [0.2, 0.25) is 0 Å². The van der Waals surface area contributed by atoms with Gasteiger partial charge in [-0.05, 0) is 6.42 Å². The van der Waals surface area contributed by atoms with E-state index in [-0.39, 0.29) is 5.97 Å². The summed E-state index contributed by atoms with van der Waals surface area (Å²) in [7, 11) is 1.38. The summed E-state index contributed by atoms with van der Waals surface area (Å²) in [5, 5.41) is 3.03. The Hall–Kier alpha value is -1.65. The fourth-order valence-corrected chi connectivity index (χ4v) is 1.08. The number of esters is 1. The van der Waals surface area contributed by atoms with Gasteiger partial charge in [-0.25, -0.2) is 9.97 Å². The van der Waals surface area contributed by atoms with Crippen LogP contribution in [0.4, 0.5) is 5.82 Å². The largest absolute Gasteiger partial charge is 0.469 e. The maximum Gasteiger partial charge on any atom is 0.307 e. The van der Waals surface area contributed by atoms with Crippen LogP contribution in [-0.2, 0) is 16.0 Å². The molecule has 0 saturated carbocycles. The molecular formula is C10H15N3O2. The number of carbonyl (C=O) groups excluding carboxylic acids is 1. The normalized spacial score (nSPS) is 9.73. The highest BCUT2D eigenvalue weighted by molar-refractivity contribution is 5.69. The molecule has 0 radical (unpaired) electrons. The van der Waals surface area contributed by atoms with Crippen LogP contribution in [0, 0.1) is 0 Å². The Labute approximate surface area is 88.9 Å². The lowest BCUT2D eigenvalue weighted by molar-refractivity contribution is -0.140. The van der Waals surface area contributed by atoms with Crippen molar-refractivity contribution in [3.05, 3.63) is 18.1 Å². The van der Waals surface area contributed by atoms with Crippen molar-refractivity contribution in [2.24, 2.45) is 0 Å². The number of aromatic nitrogens is 2. The number of nitrogens with one attached hydrogen (secondary N) is 1. The first-order valence-electron chi connectivity index (χ1n) is 4.88. The Morgan fingerprint density at radius 1 is 1.53 bits per heavy atom. The van der Waals surface area contributed by atoms with Crippen molar-refractivity contribution in [1.29, 1.82) is 0 Å². The highest BCUT2D eigenvalue weighted by atomic mass is 16.5. The maximum absolute atomic E-state index is 10.8. The minimum absolute atomic E-state index is 0.229. The van der Waals surface area contributed by atoms with Crippen molar-refractivity contribution in [1.82, 2.24) is 9.97 Å². The first-order valence-corrected chi connectivity index (χ1v) is 4.88. The Balaban J connectivity index is 2.40. The molecule has 0 unspecified atom stereocenters. The summed E-state index contributed by atoms with van der Waals surface area (Å²) in [6.45, 7) is 2.55. The first-order chi connectivity index (χ1) is 7.26. The summed E-state index contributed by atoms with van der Waals surface area (Å²) in [5.41, 5.74) is 0.977. The summed E-state index contributed by atoms with van der Waals surface area (Å²) in [5.74, 6) is 0.512. The molecule has 0 aromatic carbocycles. The third-order valence-electron chi connectivity index (χ3n) is 1.95. The molecule has 5 nitrogen and oxygen atoms in total. The maximum atomic E-state index is 10.8. The van der Waals surface area contributed by atoms with Gasteiger partial charge in [0.1, 0.15) is 12.1 Å². The van der Waals surface area contributed by atoms with Crippen molar-refractivity contribution in [3.8, 4) is 0 Å². The molecule has 0 amide bonds. The topological polar surface area (TPSA) is 64.1 Å². The van der Waals surface area contributed by atoms with Crippen LogP contribution >= 0.6 is 0 Å². The average Bonchev–Trinajstić information content (AvgIpc) is 2.29. The number of rotatable bonds is 5. The monoisotopic (exact) mass is 209 g/mol. The predicted molar refractivity (Wildman–Crippen MR) is 56.5 cm³/mol. The van der Waals surface area contributed by atoms with Crippen molar-refractivity contribution >= 4 is 11.8 Å². The van der Waals surface area contributed by atoms with Gasteiger partial charge in [0.05, 0.1) is 13.5 Å². The van der Waals surface area contributed by atoms with E-state index in [1.165, 1.54) is 13.4 Å². The van der Waals surface area contributed by atoms with Crippen molar-refractivity contribution in [2.45, 2.75) is 19.8 Å². The number of methoxy groups -OCH3 is 1. The van der Waals surface area contributed by atoms with E-state index in [0.717, 1.165) is 17.9 Å². The number of anilines is 1. The number of aryl methyl sites for hydroxylation is 1. The molecule has 1 heterocycles. The third-order valence-corrected chi connectivity index (χ3v) is 1.95. The van der Waals surface area contributed by atoms with E-state index < -0.39 is 0 Å². The average molecular weight is 209 g/mol. The molecule has 0 aliphatic carbocycles. The Kier molecular flexibility index (Phi) is 4.53. The SMILES string of the molecule is CCc1cc(NCCC(=O)OC)ncn1. The molecule has 82 valence electrons. The molecule has 1 N–H and O–H groups in total. The van der Waals surface area contributed by atoms with Crippen LogP contribution in [0.15, 0.2) is 12.4 Å². The van der Waals surface area contributed by atoms with E-state index in [0.29, 0.717) is 13.0 Å². The Bertz CT molecular complexity index is 328. The first kappa shape index (κ1) is 11.4. The van der Waals surface area contributed by atoms with E-state index >= 15 is 0 Å². The lowest BCUT2D eigenvalue weighted by atomic mass is 10.3. The second-order valence-corrected chi connectivity index (χ2v) is 3.00. The van der Waals surface area contributed by atoms with Gasteiger partial charge in [0, 0.05) is 18.3 Å². The number of ether oxygens (including phenoxy) is 1. The molecule has 1 aromatic heterocycles. The Morgan fingerprint density at radius 2 is 2.33 bits per heavy atom. The predicted octanol–water partition coefficient (Wildman–Crippen LogP) is 1.01. The summed E-state index contributed by atoms with van der Waals surface area (Å²) >= 11 is 0. The van der Waals surface area contributed by atoms with Crippen LogP contribution in [-0.4, -0.2) is 29.6 Å². The van der Waals surface area contributed by atoms with E-state index in [1.54, 1.807) is 0 Å². The highest BCUT2D eigenvalue weighted by Gasteiger charge is 2.00. The molecule has 0 saturated heterocycles. The van der Waals surface area contributed by atoms with Gasteiger partial charge in [0.2, 0.25) is 0 Å². The van der Waals surface area contributed by atoms with Gasteiger partial charge in [-0.1, -0.05) is 6.92 Å². The van der Waals surface area contributed by atoms with Crippen molar-refractivity contribution < 1.29 is 9.53 Å². The van der Waals surface area contributed by atoms with Gasteiger partial charge in [0.15, 0.2) is 0 Å². The van der Waals surface area contributed by atoms with Crippen molar-refractivity contribution in [2.75, 3.05) is 19.0 Å². The lowest BCUT2D eigenvalue weighted by Gasteiger charge is -2.04. The molecule has 0 fully saturated rings. The molecule has 0 atom stereocenters. The fourth-order valence-electron chi connectivity index (χ4n) is 1.08. The molecular weight excluding hydrogens is 194 g/mol. The van der Waals surface area contributed by atoms with Crippen LogP contribution < -0.4 is 5.32 Å². The number of hydrogen-bond acceptors (Lipinski definition) is 5. The van der Waals surface area contributed by atoms with Gasteiger partial charge in [-0.3, -0.25) is 4.79 Å². The zero-order chi connectivity index (χ0) is 11.1. The molecule has 0 bridgehead atoms. The summed E-state index contributed by atoms with van der Waals surface area (Å²) in [4.78, 5) is 18.9. The minimum atomic E-state index is -0.229. The zero-order valence-electron chi connectivity index (χ0n) is 8.99. The van der Waals surface area contributed by atoms with Gasteiger partial charge in [0.25, 0.3) is 0 Å². The van der Waals surface area contributed by atoms with E-state index in [1.807, 2.05) is 13.0 Å². The third kappa shape index (κ3) is 3.93. The second kappa shape index (κ2) is 5.95. The van der Waals surface area contributed by atoms with Gasteiger partial charge in [-0.2, -0.15) is 0 Å². The molecule has 0 spiro atoms. The zero-order valence-corrected chi connectivity index (χ0v) is 8.99. The van der Waals surface area contributed by atoms with E-state index in [4.69, 9.17) is 0 Å². The molecule has 5 heteroatoms. The van der Waals surface area contributed by atoms with Gasteiger partial charge in [-0.15, -0.1) is 0 Å². The quantitative estimate of drug-likeness (QED) is 0.733. The van der Waals surface area contributed by atoms with Crippen LogP contribution in [0.3, 0.4) is 0 Å². The number of hydrogen-bond donors (Lipinski definition) is 1. The van der Waals surface area contributed by atoms with Gasteiger partial charge < -0.3 is 10.1 Å². The van der Waals surface area contributed by atoms with Crippen LogP contribution in [0.1, 0.15) is 19.0 Å². The lowest BCUT2D eigenvalue weighted by Crippen LogP contribution is -2.10. The summed E-state index contributed by atoms with van der Waals surface area (Å²) < 4.78 is 4.52. The fraction of sp³-hybridized carbons (Fsp3) is 0.500. The van der Waals surface area contributed by atoms with E-state index in [2.05, 4.69) is 20.0 Å². The summed E-state index contributed by atoms with van der Waals surface area (Å²) in [6, 6.07) is 1.87. The highest BCUT2D eigenvalue weighted by Crippen LogP contribution is 2.04. The van der Waals surface area contributed by atoms with E-state index in [9.17, 15) is 4.79 Å². The molecule has 1 rings (SSSR count). The molecule has 15 heavy (non-hydrogen) atoms. The van der Waals surface area contributed by atoms with Crippen molar-refractivity contribution in [3.63, 3.8) is 0 Å². The summed E-state index contributed by atoms with van der Waals surface area (Å²) in [6.07, 6.45) is 2.72. The van der Waals surface area contributed by atoms with Gasteiger partial charge >= 0.3 is 5.97 Å². The molecule has 0 aliphatic rings. The smallest absolute Gasteiger partial charge is 0.307 e. The van der Waals surface area contributed by atoms with Crippen LogP contribution in [0.5, 0.6) is 0 Å². The minimum Gasteiger partial charge on any atom is -0.469 e. The van der Waals surface area contributed by atoms with Crippen LogP contribution in [0.25, 0.3) is 0 Å². The second-order valence-electron chi connectivity index (χ2n) is 3.00. The standard InChI is InChI=1S/C10H15N3O2/c1-3-8-6-9(13-7-12-8)11-5-4-10(14)15-2/h6-7H,3-5H2,1-2H3,(H,11,12,13). The number of carbonyl (C=O) groups is 1. The molecule has 0 aliphatic heterocycles. The Morgan fingerprint density at radius 3 is 3.00 bits per heavy atom. The number of nitrogens with zero attached hydrogens (tertiary/aromatic N) is 2.